The van der Waals surface area contributed by atoms with Crippen molar-refractivity contribution in [1.82, 2.24) is 14.8 Å². The van der Waals surface area contributed by atoms with Gasteiger partial charge in [-0.3, -0.25) is 4.79 Å². The number of hydrogen-bond donors (Lipinski definition) is 2. The van der Waals surface area contributed by atoms with Crippen molar-refractivity contribution in [1.29, 1.82) is 0 Å². The van der Waals surface area contributed by atoms with Crippen LogP contribution in [0.2, 0.25) is 0 Å². The second-order valence-electron chi connectivity index (χ2n) is 3.80. The third kappa shape index (κ3) is 2.24. The van der Waals surface area contributed by atoms with Gasteiger partial charge in [-0.1, -0.05) is 0 Å². The average Bonchev–Trinajstić information content (AvgIpc) is 2.60. The fraction of sp³-hybridized carbons (Fsp3) is 0.182. The molecule has 0 aliphatic carbocycles. The minimum atomic E-state index is -0.638. The number of amides is 1. The van der Waals surface area contributed by atoms with Crippen molar-refractivity contribution >= 4 is 11.6 Å². The largest absolute Gasteiger partial charge is 0.419 e. The van der Waals surface area contributed by atoms with Gasteiger partial charge in [0.2, 0.25) is 11.8 Å². The van der Waals surface area contributed by atoms with E-state index in [1.54, 1.807) is 17.8 Å². The lowest BCUT2D eigenvalue weighted by Gasteiger charge is -2.07. The van der Waals surface area contributed by atoms with Crippen LogP contribution in [-0.2, 0) is 7.05 Å². The van der Waals surface area contributed by atoms with Gasteiger partial charge in [-0.05, 0) is 19.1 Å². The molecule has 2 heterocycles. The first-order valence-corrected chi connectivity index (χ1v) is 5.22. The van der Waals surface area contributed by atoms with Gasteiger partial charge in [0.1, 0.15) is 5.69 Å². The Morgan fingerprint density at radius 1 is 1.44 bits per heavy atom. The number of pyridine rings is 1. The first-order chi connectivity index (χ1) is 8.47. The standard InChI is InChI=1S/C11H13N5O2/c1-6-5-9(16(2)15-6)18-11-7(12)3-4-8(14-11)10(13)17/h3-5H,12H2,1-2H3,(H2,13,17). The van der Waals surface area contributed by atoms with Gasteiger partial charge in [-0.15, -0.1) is 0 Å². The van der Waals surface area contributed by atoms with Crippen molar-refractivity contribution in [3.05, 3.63) is 29.6 Å². The van der Waals surface area contributed by atoms with E-state index in [0.29, 0.717) is 11.6 Å². The number of carbonyl (C=O) groups excluding carboxylic acids is 1. The monoisotopic (exact) mass is 247 g/mol. The summed E-state index contributed by atoms with van der Waals surface area (Å²) in [5, 5.41) is 4.13. The maximum Gasteiger partial charge on any atom is 0.267 e. The van der Waals surface area contributed by atoms with Crippen LogP contribution in [0.25, 0.3) is 0 Å². The van der Waals surface area contributed by atoms with Crippen LogP contribution >= 0.6 is 0 Å². The number of anilines is 1. The second kappa shape index (κ2) is 4.36. The first-order valence-electron chi connectivity index (χ1n) is 5.22. The molecule has 1 amide bonds. The molecule has 0 aromatic carbocycles. The van der Waals surface area contributed by atoms with Gasteiger partial charge in [0.05, 0.1) is 11.4 Å². The molecule has 0 saturated heterocycles. The number of hydrogen-bond acceptors (Lipinski definition) is 5. The molecule has 2 aromatic heterocycles. The summed E-state index contributed by atoms with van der Waals surface area (Å²) in [4.78, 5) is 15.0. The van der Waals surface area contributed by atoms with E-state index in [9.17, 15) is 4.79 Å². The van der Waals surface area contributed by atoms with Crippen LogP contribution in [0.4, 0.5) is 5.69 Å². The normalized spacial score (nSPS) is 10.3. The highest BCUT2D eigenvalue weighted by Gasteiger charge is 2.11. The quantitative estimate of drug-likeness (QED) is 0.825. The molecule has 0 fully saturated rings. The molecule has 2 aromatic rings. The molecular formula is C11H13N5O2. The summed E-state index contributed by atoms with van der Waals surface area (Å²) in [7, 11) is 1.73. The molecule has 0 unspecified atom stereocenters. The Labute approximate surface area is 103 Å². The minimum absolute atomic E-state index is 0.0955. The lowest BCUT2D eigenvalue weighted by atomic mass is 10.3. The van der Waals surface area contributed by atoms with E-state index in [1.165, 1.54) is 12.1 Å². The highest BCUT2D eigenvalue weighted by atomic mass is 16.5. The van der Waals surface area contributed by atoms with Gasteiger partial charge in [-0.2, -0.15) is 5.10 Å². The zero-order valence-corrected chi connectivity index (χ0v) is 10.0. The number of nitrogens with two attached hydrogens (primary N) is 2. The highest BCUT2D eigenvalue weighted by molar-refractivity contribution is 5.91. The Hall–Kier alpha value is -2.57. The van der Waals surface area contributed by atoms with Gasteiger partial charge in [0, 0.05) is 13.1 Å². The number of nitrogen functional groups attached to an aromatic ring is 1. The number of nitrogens with zero attached hydrogens (tertiary/aromatic N) is 3. The van der Waals surface area contributed by atoms with Gasteiger partial charge >= 0.3 is 0 Å². The Morgan fingerprint density at radius 2 is 2.17 bits per heavy atom. The summed E-state index contributed by atoms with van der Waals surface area (Å²) in [6, 6.07) is 4.70. The molecule has 94 valence electrons. The number of primary amides is 1. The van der Waals surface area contributed by atoms with Crippen LogP contribution in [0.3, 0.4) is 0 Å². The fourth-order valence-corrected chi connectivity index (χ4v) is 1.45. The van der Waals surface area contributed by atoms with E-state index in [2.05, 4.69) is 10.1 Å². The molecule has 4 N–H and O–H groups in total. The lowest BCUT2D eigenvalue weighted by Crippen LogP contribution is -2.13. The van der Waals surface area contributed by atoms with E-state index in [4.69, 9.17) is 16.2 Å². The molecule has 0 aliphatic rings. The van der Waals surface area contributed by atoms with Crippen LogP contribution in [-0.4, -0.2) is 20.7 Å². The molecule has 0 radical (unpaired) electrons. The first kappa shape index (κ1) is 11.9. The van der Waals surface area contributed by atoms with Crippen molar-refractivity contribution < 1.29 is 9.53 Å². The molecule has 0 spiro atoms. The number of ether oxygens (including phenoxy) is 1. The Morgan fingerprint density at radius 3 is 2.72 bits per heavy atom. The van der Waals surface area contributed by atoms with E-state index < -0.39 is 5.91 Å². The van der Waals surface area contributed by atoms with Crippen molar-refractivity contribution in [3.63, 3.8) is 0 Å². The Kier molecular flexibility index (Phi) is 2.88. The molecule has 7 nitrogen and oxygen atoms in total. The predicted molar refractivity (Wildman–Crippen MR) is 65.2 cm³/mol. The minimum Gasteiger partial charge on any atom is -0.419 e. The van der Waals surface area contributed by atoms with Crippen molar-refractivity contribution in [3.8, 4) is 11.8 Å². The second-order valence-corrected chi connectivity index (χ2v) is 3.80. The molecule has 0 aliphatic heterocycles. The summed E-state index contributed by atoms with van der Waals surface area (Å²) in [6.07, 6.45) is 0. The van der Waals surface area contributed by atoms with Gasteiger partial charge in [0.25, 0.3) is 5.91 Å². The zero-order chi connectivity index (χ0) is 13.3. The summed E-state index contributed by atoms with van der Waals surface area (Å²) < 4.78 is 7.06. The maximum atomic E-state index is 11.0. The molecule has 18 heavy (non-hydrogen) atoms. The van der Waals surface area contributed by atoms with Gasteiger partial charge in [0.15, 0.2) is 0 Å². The highest BCUT2D eigenvalue weighted by Crippen LogP contribution is 2.25. The Balaban J connectivity index is 2.36. The number of aromatic nitrogens is 3. The predicted octanol–water partition coefficient (Wildman–Crippen LogP) is 0.597. The van der Waals surface area contributed by atoms with Crippen LogP contribution in [0.1, 0.15) is 16.2 Å². The van der Waals surface area contributed by atoms with Crippen molar-refractivity contribution in [2.45, 2.75) is 6.92 Å². The lowest BCUT2D eigenvalue weighted by molar-refractivity contribution is 0.0995. The Bertz CT molecular complexity index is 605. The SMILES string of the molecule is Cc1cc(Oc2nc(C(N)=O)ccc2N)n(C)n1. The van der Waals surface area contributed by atoms with E-state index in [1.807, 2.05) is 6.92 Å². The van der Waals surface area contributed by atoms with Crippen LogP contribution in [0.15, 0.2) is 18.2 Å². The van der Waals surface area contributed by atoms with E-state index in [-0.39, 0.29) is 11.6 Å². The third-order valence-electron chi connectivity index (χ3n) is 2.30. The fourth-order valence-electron chi connectivity index (χ4n) is 1.45. The van der Waals surface area contributed by atoms with Crippen molar-refractivity contribution in [2.24, 2.45) is 12.8 Å². The molecule has 7 heteroatoms. The molecule has 0 atom stereocenters. The molecular weight excluding hydrogens is 234 g/mol. The van der Waals surface area contributed by atoms with Crippen LogP contribution in [0, 0.1) is 6.92 Å². The number of aryl methyl sites for hydroxylation is 2. The van der Waals surface area contributed by atoms with Gasteiger partial charge in [-0.25, -0.2) is 9.67 Å². The third-order valence-corrected chi connectivity index (χ3v) is 2.30. The van der Waals surface area contributed by atoms with Crippen LogP contribution < -0.4 is 16.2 Å². The number of rotatable bonds is 3. The molecule has 2 rings (SSSR count). The van der Waals surface area contributed by atoms with E-state index in [0.717, 1.165) is 5.69 Å². The number of carbonyl (C=O) groups is 1. The summed E-state index contributed by atoms with van der Waals surface area (Å²) >= 11 is 0. The topological polar surface area (TPSA) is 109 Å². The smallest absolute Gasteiger partial charge is 0.267 e. The van der Waals surface area contributed by atoms with Gasteiger partial charge < -0.3 is 16.2 Å². The zero-order valence-electron chi connectivity index (χ0n) is 10.0. The maximum absolute atomic E-state index is 11.0. The molecule has 0 saturated carbocycles. The summed E-state index contributed by atoms with van der Waals surface area (Å²) in [5.41, 5.74) is 12.1. The summed E-state index contributed by atoms with van der Waals surface area (Å²) in [5.74, 6) is -0.0244. The van der Waals surface area contributed by atoms with E-state index >= 15 is 0 Å². The summed E-state index contributed by atoms with van der Waals surface area (Å²) in [6.45, 7) is 1.84. The molecule has 0 bridgehead atoms. The van der Waals surface area contributed by atoms with Crippen molar-refractivity contribution in [2.75, 3.05) is 5.73 Å². The average molecular weight is 247 g/mol. The van der Waals surface area contributed by atoms with Crippen LogP contribution in [0.5, 0.6) is 11.8 Å².